The van der Waals surface area contributed by atoms with Gasteiger partial charge in [0, 0.05) is 0 Å². The molecule has 0 spiro atoms. The van der Waals surface area contributed by atoms with Crippen LogP contribution >= 0.6 is 0 Å². The molecule has 62 valence electrons. The highest BCUT2D eigenvalue weighted by Crippen LogP contribution is 2.23. The number of alkyl halides is 2. The Balaban J connectivity index is 4.07. The van der Waals surface area contributed by atoms with Gasteiger partial charge in [0.1, 0.15) is 0 Å². The number of hydrogen-bond acceptors (Lipinski definition) is 2. The van der Waals surface area contributed by atoms with Gasteiger partial charge in [-0.1, -0.05) is 20.8 Å². The van der Waals surface area contributed by atoms with Gasteiger partial charge < -0.3 is 0 Å². The molecule has 0 amide bonds. The smallest absolute Gasteiger partial charge is 0.255 e. The van der Waals surface area contributed by atoms with Crippen LogP contribution in [0.3, 0.4) is 0 Å². The number of hydrogen-bond donors (Lipinski definition) is 2. The molecule has 4 heteroatoms. The first-order chi connectivity index (χ1) is 4.39. The van der Waals surface area contributed by atoms with Gasteiger partial charge in [0.2, 0.25) is 0 Å². The molecule has 0 aromatic heterocycles. The van der Waals surface area contributed by atoms with Crippen LogP contribution in [-0.2, 0) is 0 Å². The van der Waals surface area contributed by atoms with Gasteiger partial charge in [0.15, 0.2) is 0 Å². The molecule has 0 saturated carbocycles. The average molecular weight is 152 g/mol. The Labute approximate surface area is 59.8 Å². The van der Waals surface area contributed by atoms with E-state index in [2.05, 4.69) is 5.43 Å². The van der Waals surface area contributed by atoms with Crippen molar-refractivity contribution in [1.29, 1.82) is 0 Å². The van der Waals surface area contributed by atoms with E-state index >= 15 is 0 Å². The van der Waals surface area contributed by atoms with Crippen molar-refractivity contribution in [1.82, 2.24) is 5.43 Å². The first-order valence-corrected chi connectivity index (χ1v) is 3.14. The van der Waals surface area contributed by atoms with Crippen molar-refractivity contribution in [3.05, 3.63) is 0 Å². The normalized spacial score (nSPS) is 15.9. The molecule has 0 aromatic carbocycles. The van der Waals surface area contributed by atoms with Crippen molar-refractivity contribution in [3.8, 4) is 0 Å². The van der Waals surface area contributed by atoms with Gasteiger partial charge in [0.05, 0.1) is 6.04 Å². The predicted molar refractivity (Wildman–Crippen MR) is 36.6 cm³/mol. The zero-order chi connectivity index (χ0) is 8.36. The maximum absolute atomic E-state index is 12.1. The lowest BCUT2D eigenvalue weighted by Crippen LogP contribution is -2.49. The van der Waals surface area contributed by atoms with E-state index in [1.807, 2.05) is 0 Å². The zero-order valence-electron chi connectivity index (χ0n) is 6.49. The minimum Gasteiger partial charge on any atom is -0.271 e. The maximum Gasteiger partial charge on any atom is 0.255 e. The van der Waals surface area contributed by atoms with Crippen LogP contribution < -0.4 is 11.3 Å². The van der Waals surface area contributed by atoms with Crippen LogP contribution in [0.15, 0.2) is 0 Å². The molecule has 0 fully saturated rings. The third-order valence-electron chi connectivity index (χ3n) is 1.36. The Bertz CT molecular complexity index is 98.4. The molecule has 0 aliphatic carbocycles. The van der Waals surface area contributed by atoms with Gasteiger partial charge in [-0.3, -0.25) is 11.3 Å². The van der Waals surface area contributed by atoms with Crippen molar-refractivity contribution >= 4 is 0 Å². The van der Waals surface area contributed by atoms with Crippen molar-refractivity contribution in [3.63, 3.8) is 0 Å². The second kappa shape index (κ2) is 3.25. The van der Waals surface area contributed by atoms with Crippen LogP contribution in [0.4, 0.5) is 8.78 Å². The first kappa shape index (κ1) is 9.78. The van der Waals surface area contributed by atoms with Crippen molar-refractivity contribution < 1.29 is 8.78 Å². The van der Waals surface area contributed by atoms with Gasteiger partial charge in [-0.2, -0.15) is 0 Å². The summed E-state index contributed by atoms with van der Waals surface area (Å²) in [5.41, 5.74) is 1.59. The molecule has 0 saturated heterocycles. The third kappa shape index (κ3) is 2.58. The van der Waals surface area contributed by atoms with E-state index in [1.165, 1.54) is 0 Å². The van der Waals surface area contributed by atoms with Crippen LogP contribution in [-0.4, -0.2) is 12.5 Å². The fraction of sp³-hybridized carbons (Fsp3) is 1.00. The SMILES string of the molecule is CC(C)(C)C(NN)C(F)F. The van der Waals surface area contributed by atoms with E-state index in [-0.39, 0.29) is 0 Å². The third-order valence-corrected chi connectivity index (χ3v) is 1.36. The molecule has 0 aromatic rings. The summed E-state index contributed by atoms with van der Waals surface area (Å²) in [4.78, 5) is 0. The highest BCUT2D eigenvalue weighted by Gasteiger charge is 2.31. The van der Waals surface area contributed by atoms with E-state index in [0.29, 0.717) is 0 Å². The van der Waals surface area contributed by atoms with Gasteiger partial charge in [0.25, 0.3) is 6.43 Å². The van der Waals surface area contributed by atoms with E-state index in [9.17, 15) is 8.78 Å². The summed E-state index contributed by atoms with van der Waals surface area (Å²) in [6.45, 7) is 5.14. The summed E-state index contributed by atoms with van der Waals surface area (Å²) >= 11 is 0. The molecule has 0 rings (SSSR count). The molecule has 1 atom stereocenters. The lowest BCUT2D eigenvalue weighted by atomic mass is 9.87. The molecular formula is C6H14F2N2. The number of nitrogens with one attached hydrogen (secondary N) is 1. The molecule has 0 radical (unpaired) electrons. The molecule has 1 unspecified atom stereocenters. The Morgan fingerprint density at radius 2 is 1.70 bits per heavy atom. The molecule has 2 nitrogen and oxygen atoms in total. The molecule has 0 aliphatic heterocycles. The summed E-state index contributed by atoms with van der Waals surface area (Å²) in [6, 6.07) is -0.938. The lowest BCUT2D eigenvalue weighted by molar-refractivity contribution is 0.0451. The fourth-order valence-electron chi connectivity index (χ4n) is 0.701. The summed E-state index contributed by atoms with van der Waals surface area (Å²) in [5, 5.41) is 0. The Morgan fingerprint density at radius 3 is 1.70 bits per heavy atom. The highest BCUT2D eigenvalue weighted by molar-refractivity contribution is 4.80. The largest absolute Gasteiger partial charge is 0.271 e. The molecule has 0 heterocycles. The molecule has 0 aliphatic rings. The van der Waals surface area contributed by atoms with Crippen molar-refractivity contribution in [2.45, 2.75) is 33.2 Å². The lowest BCUT2D eigenvalue weighted by Gasteiger charge is -2.28. The van der Waals surface area contributed by atoms with Crippen LogP contribution in [0.2, 0.25) is 0 Å². The van der Waals surface area contributed by atoms with Gasteiger partial charge >= 0.3 is 0 Å². The molecule has 0 bridgehead atoms. The molecule has 10 heavy (non-hydrogen) atoms. The second-order valence-electron chi connectivity index (χ2n) is 3.34. The van der Waals surface area contributed by atoms with Crippen molar-refractivity contribution in [2.24, 2.45) is 11.3 Å². The Hall–Kier alpha value is -0.220. The average Bonchev–Trinajstić information content (AvgIpc) is 1.60. The minimum absolute atomic E-state index is 0.497. The van der Waals surface area contributed by atoms with Crippen LogP contribution in [0, 0.1) is 5.41 Å². The summed E-state index contributed by atoms with van der Waals surface area (Å²) < 4.78 is 24.1. The highest BCUT2D eigenvalue weighted by atomic mass is 19.3. The fourth-order valence-corrected chi connectivity index (χ4v) is 0.701. The van der Waals surface area contributed by atoms with Crippen LogP contribution in [0.5, 0.6) is 0 Å². The monoisotopic (exact) mass is 152 g/mol. The zero-order valence-corrected chi connectivity index (χ0v) is 6.49. The second-order valence-corrected chi connectivity index (χ2v) is 3.34. The Kier molecular flexibility index (Phi) is 3.18. The summed E-state index contributed by atoms with van der Waals surface area (Å²) in [6.07, 6.45) is -2.41. The van der Waals surface area contributed by atoms with Crippen LogP contribution in [0.25, 0.3) is 0 Å². The van der Waals surface area contributed by atoms with Crippen molar-refractivity contribution in [2.75, 3.05) is 0 Å². The number of halogens is 2. The quantitative estimate of drug-likeness (QED) is 0.460. The first-order valence-electron chi connectivity index (χ1n) is 3.14. The van der Waals surface area contributed by atoms with E-state index in [1.54, 1.807) is 20.8 Å². The van der Waals surface area contributed by atoms with Crippen LogP contribution in [0.1, 0.15) is 20.8 Å². The number of rotatable bonds is 2. The van der Waals surface area contributed by atoms with E-state index < -0.39 is 17.9 Å². The number of nitrogens with two attached hydrogens (primary N) is 1. The molecular weight excluding hydrogens is 138 g/mol. The summed E-state index contributed by atoms with van der Waals surface area (Å²) in [5.74, 6) is 4.93. The van der Waals surface area contributed by atoms with E-state index in [4.69, 9.17) is 5.84 Å². The number of hydrazine groups is 1. The van der Waals surface area contributed by atoms with Gasteiger partial charge in [-0.05, 0) is 5.41 Å². The Morgan fingerprint density at radius 1 is 1.30 bits per heavy atom. The van der Waals surface area contributed by atoms with Gasteiger partial charge in [-0.25, -0.2) is 8.78 Å². The summed E-state index contributed by atoms with van der Waals surface area (Å²) in [7, 11) is 0. The maximum atomic E-state index is 12.1. The predicted octanol–water partition coefficient (Wildman–Crippen LogP) is 1.13. The molecule has 3 N–H and O–H groups in total. The van der Waals surface area contributed by atoms with E-state index in [0.717, 1.165) is 0 Å². The van der Waals surface area contributed by atoms with Gasteiger partial charge in [-0.15, -0.1) is 0 Å². The minimum atomic E-state index is -2.41. The standard InChI is InChI=1S/C6H14F2N2/c1-6(2,3)4(10-9)5(7)8/h4-5,10H,9H2,1-3H3. The topological polar surface area (TPSA) is 38.0 Å².